The Bertz CT molecular complexity index is 161. The van der Waals surface area contributed by atoms with Crippen LogP contribution in [0.2, 0.25) is 0 Å². The number of nitrogens with one attached hydrogen (secondary N) is 1. The summed E-state index contributed by atoms with van der Waals surface area (Å²) in [6, 6.07) is -0.470. The van der Waals surface area contributed by atoms with Gasteiger partial charge in [0.2, 0.25) is 0 Å². The van der Waals surface area contributed by atoms with E-state index in [2.05, 4.69) is 5.32 Å². The minimum atomic E-state index is -1.13. The molecule has 0 saturated heterocycles. The maximum atomic E-state index is 10.3. The Labute approximate surface area is 77.9 Å². The molecule has 0 aromatic carbocycles. The van der Waals surface area contributed by atoms with Crippen LogP contribution in [0, 0.1) is 5.92 Å². The highest BCUT2D eigenvalue weighted by Crippen LogP contribution is 2.07. The molecule has 78 valence electrons. The number of carboxylic acid groups (broad SMARTS) is 1. The van der Waals surface area contributed by atoms with Gasteiger partial charge in [0.15, 0.2) is 0 Å². The topological polar surface area (TPSA) is 95.6 Å². The summed E-state index contributed by atoms with van der Waals surface area (Å²) in [4.78, 5) is 10.3. The maximum absolute atomic E-state index is 10.3. The number of amides is 1. The van der Waals surface area contributed by atoms with Crippen molar-refractivity contribution in [1.82, 2.24) is 5.32 Å². The molecular weight excluding hydrogens is 172 g/mol. The number of aliphatic hydroxyl groups excluding tert-OH is 1. The van der Waals surface area contributed by atoms with Crippen molar-refractivity contribution in [2.24, 2.45) is 11.7 Å². The van der Waals surface area contributed by atoms with Gasteiger partial charge in [-0.2, -0.15) is 0 Å². The fraction of sp³-hybridized carbons (Fsp3) is 0.875. The first-order valence-corrected chi connectivity index (χ1v) is 4.35. The number of nitrogens with two attached hydrogens (primary N) is 1. The van der Waals surface area contributed by atoms with Crippen molar-refractivity contribution in [3.05, 3.63) is 0 Å². The molecule has 0 heterocycles. The highest BCUT2D eigenvalue weighted by Gasteiger charge is 2.20. The molecule has 0 saturated carbocycles. The minimum absolute atomic E-state index is 0.0671. The van der Waals surface area contributed by atoms with Gasteiger partial charge in [-0.3, -0.25) is 0 Å². The molecule has 0 aliphatic heterocycles. The van der Waals surface area contributed by atoms with Gasteiger partial charge < -0.3 is 21.3 Å². The maximum Gasteiger partial charge on any atom is 0.404 e. The zero-order valence-corrected chi connectivity index (χ0v) is 8.03. The highest BCUT2D eigenvalue weighted by atomic mass is 16.4. The van der Waals surface area contributed by atoms with Crippen molar-refractivity contribution >= 4 is 6.09 Å². The van der Waals surface area contributed by atoms with E-state index >= 15 is 0 Å². The van der Waals surface area contributed by atoms with Crippen molar-refractivity contribution in [3.8, 4) is 0 Å². The van der Waals surface area contributed by atoms with Crippen molar-refractivity contribution in [3.63, 3.8) is 0 Å². The van der Waals surface area contributed by atoms with Gasteiger partial charge in [-0.1, -0.05) is 13.8 Å². The van der Waals surface area contributed by atoms with E-state index in [-0.39, 0.29) is 6.54 Å². The number of aliphatic hydroxyl groups is 1. The summed E-state index contributed by atoms with van der Waals surface area (Å²) in [5, 5.41) is 20.1. The first-order valence-electron chi connectivity index (χ1n) is 4.35. The number of hydrogen-bond acceptors (Lipinski definition) is 3. The summed E-state index contributed by atoms with van der Waals surface area (Å²) in [5.41, 5.74) is 5.24. The fourth-order valence-electron chi connectivity index (χ4n) is 1.14. The molecule has 0 rings (SSSR count). The molecule has 0 fully saturated rings. The molecule has 0 unspecified atom stereocenters. The molecule has 2 atom stereocenters. The van der Waals surface area contributed by atoms with Gasteiger partial charge in [-0.15, -0.1) is 0 Å². The predicted octanol–water partition coefficient (Wildman–Crippen LogP) is -0.0117. The van der Waals surface area contributed by atoms with Crippen LogP contribution in [-0.2, 0) is 0 Å². The average Bonchev–Trinajstić information content (AvgIpc) is 2.00. The van der Waals surface area contributed by atoms with Crippen LogP contribution in [0.5, 0.6) is 0 Å². The molecule has 0 aliphatic carbocycles. The van der Waals surface area contributed by atoms with E-state index in [4.69, 9.17) is 10.8 Å². The van der Waals surface area contributed by atoms with Crippen LogP contribution in [0.3, 0.4) is 0 Å². The minimum Gasteiger partial charge on any atom is -0.465 e. The molecule has 5 nitrogen and oxygen atoms in total. The zero-order chi connectivity index (χ0) is 10.4. The monoisotopic (exact) mass is 190 g/mol. The van der Waals surface area contributed by atoms with Gasteiger partial charge in [0.1, 0.15) is 0 Å². The quantitative estimate of drug-likeness (QED) is 0.490. The third kappa shape index (κ3) is 5.43. The van der Waals surface area contributed by atoms with Crippen LogP contribution in [0.4, 0.5) is 4.79 Å². The second kappa shape index (κ2) is 5.77. The largest absolute Gasteiger partial charge is 0.465 e. The van der Waals surface area contributed by atoms with Crippen LogP contribution in [0.25, 0.3) is 0 Å². The lowest BCUT2D eigenvalue weighted by Gasteiger charge is -2.23. The lowest BCUT2D eigenvalue weighted by Crippen LogP contribution is -2.46. The lowest BCUT2D eigenvalue weighted by molar-refractivity contribution is 0.116. The second-order valence-electron chi connectivity index (χ2n) is 3.49. The summed E-state index contributed by atoms with van der Waals surface area (Å²) in [6.07, 6.45) is -1.35. The van der Waals surface area contributed by atoms with Crippen molar-refractivity contribution in [2.45, 2.75) is 32.4 Å². The van der Waals surface area contributed by atoms with Crippen LogP contribution in [0.1, 0.15) is 20.3 Å². The number of rotatable bonds is 5. The molecule has 0 aromatic heterocycles. The molecule has 5 N–H and O–H groups in total. The number of carbonyl (C=O) groups is 1. The zero-order valence-electron chi connectivity index (χ0n) is 8.03. The molecule has 13 heavy (non-hydrogen) atoms. The van der Waals surface area contributed by atoms with E-state index in [0.717, 1.165) is 0 Å². The van der Waals surface area contributed by atoms with Crippen molar-refractivity contribution in [1.29, 1.82) is 0 Å². The fourth-order valence-corrected chi connectivity index (χ4v) is 1.14. The summed E-state index contributed by atoms with van der Waals surface area (Å²) in [7, 11) is 0. The predicted molar refractivity (Wildman–Crippen MR) is 49.5 cm³/mol. The third-order valence-corrected chi connectivity index (χ3v) is 1.74. The van der Waals surface area contributed by atoms with Gasteiger partial charge in [-0.25, -0.2) is 4.79 Å². The van der Waals surface area contributed by atoms with Crippen LogP contribution >= 0.6 is 0 Å². The van der Waals surface area contributed by atoms with Gasteiger partial charge in [0, 0.05) is 6.54 Å². The van der Waals surface area contributed by atoms with Gasteiger partial charge in [0.25, 0.3) is 0 Å². The van der Waals surface area contributed by atoms with Crippen LogP contribution in [0.15, 0.2) is 0 Å². The second-order valence-corrected chi connectivity index (χ2v) is 3.49. The highest BCUT2D eigenvalue weighted by molar-refractivity contribution is 5.64. The van der Waals surface area contributed by atoms with E-state index < -0.39 is 18.2 Å². The summed E-state index contributed by atoms with van der Waals surface area (Å²) < 4.78 is 0. The Hall–Kier alpha value is -0.810. The Morgan fingerprint density at radius 3 is 2.38 bits per heavy atom. The molecule has 0 radical (unpaired) electrons. The normalized spacial score (nSPS) is 15.5. The first kappa shape index (κ1) is 12.2. The lowest BCUT2D eigenvalue weighted by atomic mass is 9.99. The average molecular weight is 190 g/mol. The van der Waals surface area contributed by atoms with Crippen LogP contribution in [-0.4, -0.2) is 35.0 Å². The summed E-state index contributed by atoms with van der Waals surface area (Å²) in [6.45, 7) is 3.98. The Morgan fingerprint density at radius 1 is 1.54 bits per heavy atom. The van der Waals surface area contributed by atoms with E-state index in [1.165, 1.54) is 0 Å². The van der Waals surface area contributed by atoms with E-state index in [9.17, 15) is 9.90 Å². The molecule has 0 aromatic rings. The SMILES string of the molecule is CC(C)C[C@H](NC(=O)O)[C@H](O)CN. The Kier molecular flexibility index (Phi) is 5.41. The summed E-state index contributed by atoms with van der Waals surface area (Å²) >= 11 is 0. The molecule has 0 aliphatic rings. The smallest absolute Gasteiger partial charge is 0.404 e. The van der Waals surface area contributed by atoms with Crippen LogP contribution < -0.4 is 11.1 Å². The molecule has 0 bridgehead atoms. The number of hydrogen-bond donors (Lipinski definition) is 4. The summed E-state index contributed by atoms with van der Waals surface area (Å²) in [5.74, 6) is 0.318. The third-order valence-electron chi connectivity index (χ3n) is 1.74. The Balaban J connectivity index is 4.10. The first-order chi connectivity index (χ1) is 5.97. The Morgan fingerprint density at radius 2 is 2.08 bits per heavy atom. The van der Waals surface area contributed by atoms with Gasteiger partial charge >= 0.3 is 6.09 Å². The molecule has 5 heteroatoms. The van der Waals surface area contributed by atoms with E-state index in [1.807, 2.05) is 13.8 Å². The van der Waals surface area contributed by atoms with Crippen molar-refractivity contribution < 1.29 is 15.0 Å². The van der Waals surface area contributed by atoms with E-state index in [0.29, 0.717) is 12.3 Å². The van der Waals surface area contributed by atoms with Gasteiger partial charge in [0.05, 0.1) is 12.1 Å². The molecule has 0 spiro atoms. The molecular formula is C8H18N2O3. The van der Waals surface area contributed by atoms with Crippen molar-refractivity contribution in [2.75, 3.05) is 6.54 Å². The molecule has 1 amide bonds. The standard InChI is InChI=1S/C8H18N2O3/c1-5(2)3-6(7(11)4-9)10-8(12)13/h5-7,10-11H,3-4,9H2,1-2H3,(H,12,13)/t6-,7+/m0/s1. The van der Waals surface area contributed by atoms with E-state index in [1.54, 1.807) is 0 Å². The van der Waals surface area contributed by atoms with Gasteiger partial charge in [-0.05, 0) is 12.3 Å².